The van der Waals surface area contributed by atoms with Crippen molar-refractivity contribution in [1.29, 1.82) is 0 Å². The van der Waals surface area contributed by atoms with Crippen LogP contribution < -0.4 is 14.4 Å². The van der Waals surface area contributed by atoms with Crippen LogP contribution in [-0.4, -0.2) is 25.9 Å². The summed E-state index contributed by atoms with van der Waals surface area (Å²) in [5.41, 5.74) is 4.19. The van der Waals surface area contributed by atoms with Gasteiger partial charge in [-0.15, -0.1) is 0 Å². The van der Waals surface area contributed by atoms with Gasteiger partial charge in [0.25, 0.3) is 0 Å². The minimum atomic E-state index is -0.216. The van der Waals surface area contributed by atoms with Gasteiger partial charge in [0.2, 0.25) is 5.91 Å². The Balaban J connectivity index is 1.90. The number of ketones is 1. The minimum absolute atomic E-state index is 0.0230. The zero-order valence-electron chi connectivity index (χ0n) is 18.8. The number of amides is 1. The highest BCUT2D eigenvalue weighted by Crippen LogP contribution is 2.48. The largest absolute Gasteiger partial charge is 0.497 e. The molecule has 2 aromatic rings. The van der Waals surface area contributed by atoms with Crippen molar-refractivity contribution in [2.24, 2.45) is 5.41 Å². The average Bonchev–Trinajstić information content (AvgIpc) is 2.72. The summed E-state index contributed by atoms with van der Waals surface area (Å²) in [5.74, 6) is 1.10. The number of methoxy groups -OCH3 is 2. The molecule has 0 fully saturated rings. The van der Waals surface area contributed by atoms with Crippen molar-refractivity contribution in [3.05, 3.63) is 64.9 Å². The molecule has 0 radical (unpaired) electrons. The molecule has 2 aliphatic rings. The monoisotopic (exact) mass is 419 g/mol. The summed E-state index contributed by atoms with van der Waals surface area (Å²) in [4.78, 5) is 28.6. The number of hydrogen-bond donors (Lipinski definition) is 0. The molecule has 162 valence electrons. The van der Waals surface area contributed by atoms with Crippen LogP contribution in [0.3, 0.4) is 0 Å². The predicted octanol–water partition coefficient (Wildman–Crippen LogP) is 5.18. The number of Topliss-reactive ketones (excluding diaryl/α,β-unsaturated/α-hetero) is 1. The summed E-state index contributed by atoms with van der Waals surface area (Å²) in [6, 6.07) is 13.6. The summed E-state index contributed by atoms with van der Waals surface area (Å²) in [7, 11) is 3.17. The summed E-state index contributed by atoms with van der Waals surface area (Å²) in [6.07, 6.45) is 1.40. The van der Waals surface area contributed by atoms with Crippen molar-refractivity contribution in [2.45, 2.75) is 46.0 Å². The van der Waals surface area contributed by atoms with Crippen LogP contribution in [0.25, 0.3) is 0 Å². The van der Waals surface area contributed by atoms with E-state index in [9.17, 15) is 9.59 Å². The first-order chi connectivity index (χ1) is 14.7. The van der Waals surface area contributed by atoms with E-state index in [0.29, 0.717) is 30.0 Å². The highest BCUT2D eigenvalue weighted by Gasteiger charge is 2.44. The molecule has 5 heteroatoms. The Morgan fingerprint density at radius 2 is 1.55 bits per heavy atom. The lowest BCUT2D eigenvalue weighted by atomic mass is 9.69. The van der Waals surface area contributed by atoms with Crippen LogP contribution in [0.5, 0.6) is 11.5 Å². The molecule has 0 saturated carbocycles. The van der Waals surface area contributed by atoms with Crippen molar-refractivity contribution in [2.75, 3.05) is 19.1 Å². The highest BCUT2D eigenvalue weighted by atomic mass is 16.5. The molecular formula is C26H29NO4. The Morgan fingerprint density at radius 1 is 0.935 bits per heavy atom. The van der Waals surface area contributed by atoms with Crippen molar-refractivity contribution in [3.63, 3.8) is 0 Å². The van der Waals surface area contributed by atoms with Crippen LogP contribution in [0.15, 0.2) is 53.7 Å². The lowest BCUT2D eigenvalue weighted by Crippen LogP contribution is -2.43. The number of hydrogen-bond acceptors (Lipinski definition) is 4. The summed E-state index contributed by atoms with van der Waals surface area (Å²) in [6.45, 7) is 6.20. The highest BCUT2D eigenvalue weighted by molar-refractivity contribution is 6.08. The van der Waals surface area contributed by atoms with Crippen LogP contribution in [0, 0.1) is 12.3 Å². The standard InChI is InChI=1S/C26H29NO4/c1-16-6-8-17(9-7-16)21-13-24(29)27(18-10-19(30-4)12-20(11-18)31-5)22-14-26(2,3)15-23(28)25(21)22/h6-12,21H,13-15H2,1-5H3. The number of aryl methyl sites for hydroxylation is 1. The van der Waals surface area contributed by atoms with Gasteiger partial charge in [-0.3, -0.25) is 14.5 Å². The lowest BCUT2D eigenvalue weighted by Gasteiger charge is -2.43. The summed E-state index contributed by atoms with van der Waals surface area (Å²) < 4.78 is 10.8. The number of allylic oxidation sites excluding steroid dienone is 2. The molecule has 0 aromatic heterocycles. The molecular weight excluding hydrogens is 390 g/mol. The molecule has 0 saturated heterocycles. The molecule has 1 amide bonds. The van der Waals surface area contributed by atoms with Gasteiger partial charge in [0, 0.05) is 48.2 Å². The smallest absolute Gasteiger partial charge is 0.232 e. The topological polar surface area (TPSA) is 55.8 Å². The zero-order chi connectivity index (χ0) is 22.3. The van der Waals surface area contributed by atoms with Gasteiger partial charge in [-0.2, -0.15) is 0 Å². The first-order valence-electron chi connectivity index (χ1n) is 10.6. The number of rotatable bonds is 4. The lowest BCUT2D eigenvalue weighted by molar-refractivity contribution is -0.121. The van der Waals surface area contributed by atoms with Gasteiger partial charge < -0.3 is 9.47 Å². The van der Waals surface area contributed by atoms with Gasteiger partial charge in [0.15, 0.2) is 5.78 Å². The first kappa shape index (κ1) is 21.2. The van der Waals surface area contributed by atoms with Crippen LogP contribution in [0.1, 0.15) is 50.2 Å². The second-order valence-corrected chi connectivity index (χ2v) is 9.27. The molecule has 1 unspecified atom stereocenters. The van der Waals surface area contributed by atoms with E-state index >= 15 is 0 Å². The maximum Gasteiger partial charge on any atom is 0.232 e. The molecule has 31 heavy (non-hydrogen) atoms. The van der Waals surface area contributed by atoms with Gasteiger partial charge >= 0.3 is 0 Å². The molecule has 1 atom stereocenters. The SMILES string of the molecule is COc1cc(OC)cc(N2C(=O)CC(c3ccc(C)cc3)C3=C2CC(C)(C)CC3=O)c1. The average molecular weight is 420 g/mol. The third-order valence-electron chi connectivity index (χ3n) is 6.22. The van der Waals surface area contributed by atoms with E-state index in [1.54, 1.807) is 25.2 Å². The Morgan fingerprint density at radius 3 is 2.13 bits per heavy atom. The van der Waals surface area contributed by atoms with E-state index in [-0.39, 0.29) is 29.4 Å². The van der Waals surface area contributed by atoms with Gasteiger partial charge in [-0.25, -0.2) is 0 Å². The third-order valence-corrected chi connectivity index (χ3v) is 6.22. The van der Waals surface area contributed by atoms with E-state index in [1.165, 1.54) is 0 Å². The van der Waals surface area contributed by atoms with Crippen LogP contribution in [0.2, 0.25) is 0 Å². The molecule has 2 aromatic carbocycles. The Hall–Kier alpha value is -3.08. The van der Waals surface area contributed by atoms with E-state index < -0.39 is 0 Å². The Labute approximate surface area is 183 Å². The quantitative estimate of drug-likeness (QED) is 0.686. The van der Waals surface area contributed by atoms with E-state index in [2.05, 4.69) is 13.8 Å². The molecule has 0 spiro atoms. The zero-order valence-corrected chi connectivity index (χ0v) is 18.8. The molecule has 0 N–H and O–H groups in total. The fourth-order valence-corrected chi connectivity index (χ4v) is 4.72. The fraction of sp³-hybridized carbons (Fsp3) is 0.385. The van der Waals surface area contributed by atoms with Crippen molar-refractivity contribution in [1.82, 2.24) is 0 Å². The Kier molecular flexibility index (Phi) is 5.38. The van der Waals surface area contributed by atoms with Gasteiger partial charge in [-0.1, -0.05) is 43.7 Å². The number of carbonyl (C=O) groups excluding carboxylic acids is 2. The number of anilines is 1. The van der Waals surface area contributed by atoms with Gasteiger partial charge in [-0.05, 0) is 24.3 Å². The Bertz CT molecular complexity index is 1040. The minimum Gasteiger partial charge on any atom is -0.497 e. The normalized spacial score (nSPS) is 20.5. The molecule has 1 aliphatic carbocycles. The molecule has 4 rings (SSSR count). The second-order valence-electron chi connectivity index (χ2n) is 9.27. The van der Waals surface area contributed by atoms with E-state index in [0.717, 1.165) is 22.4 Å². The fourth-order valence-electron chi connectivity index (χ4n) is 4.72. The second kappa shape index (κ2) is 7.88. The van der Waals surface area contributed by atoms with Crippen molar-refractivity contribution >= 4 is 17.4 Å². The van der Waals surface area contributed by atoms with Crippen LogP contribution in [0.4, 0.5) is 5.69 Å². The molecule has 1 heterocycles. The molecule has 5 nitrogen and oxygen atoms in total. The molecule has 0 bridgehead atoms. The van der Waals surface area contributed by atoms with Gasteiger partial charge in [0.05, 0.1) is 19.9 Å². The number of benzene rings is 2. The maximum absolute atomic E-state index is 13.5. The molecule has 1 aliphatic heterocycles. The number of ether oxygens (including phenoxy) is 2. The summed E-state index contributed by atoms with van der Waals surface area (Å²) >= 11 is 0. The predicted molar refractivity (Wildman–Crippen MR) is 121 cm³/mol. The number of carbonyl (C=O) groups is 2. The third kappa shape index (κ3) is 3.97. The van der Waals surface area contributed by atoms with Crippen molar-refractivity contribution in [3.8, 4) is 11.5 Å². The van der Waals surface area contributed by atoms with Crippen LogP contribution >= 0.6 is 0 Å². The van der Waals surface area contributed by atoms with Crippen molar-refractivity contribution < 1.29 is 19.1 Å². The summed E-state index contributed by atoms with van der Waals surface area (Å²) in [5, 5.41) is 0. The van der Waals surface area contributed by atoms with Gasteiger partial charge in [0.1, 0.15) is 11.5 Å². The van der Waals surface area contributed by atoms with E-state index in [1.807, 2.05) is 43.3 Å². The van der Waals surface area contributed by atoms with E-state index in [4.69, 9.17) is 9.47 Å². The maximum atomic E-state index is 13.5. The van der Waals surface area contributed by atoms with Crippen LogP contribution in [-0.2, 0) is 9.59 Å². The number of nitrogens with zero attached hydrogens (tertiary/aromatic N) is 1. The first-order valence-corrected chi connectivity index (χ1v) is 10.6.